The van der Waals surface area contributed by atoms with E-state index in [4.69, 9.17) is 4.74 Å². The minimum atomic E-state index is -0.365. The lowest BCUT2D eigenvalue weighted by Gasteiger charge is -2.05. The molecule has 19 heavy (non-hydrogen) atoms. The molecular formula is C14H16N2O3. The number of rotatable bonds is 5. The zero-order valence-electron chi connectivity index (χ0n) is 11.0. The Bertz CT molecular complexity index is 629. The molecule has 0 aliphatic carbocycles. The highest BCUT2D eigenvalue weighted by Gasteiger charge is 2.12. The van der Waals surface area contributed by atoms with E-state index in [0.717, 1.165) is 23.0 Å². The van der Waals surface area contributed by atoms with Gasteiger partial charge in [-0.3, -0.25) is 10.1 Å². The Balaban J connectivity index is 2.61. The summed E-state index contributed by atoms with van der Waals surface area (Å²) < 4.78 is 7.04. The van der Waals surface area contributed by atoms with E-state index in [1.54, 1.807) is 19.2 Å². The first-order valence-corrected chi connectivity index (χ1v) is 6.10. The molecule has 0 saturated heterocycles. The number of ether oxygens (including phenoxy) is 1. The van der Waals surface area contributed by atoms with Gasteiger partial charge >= 0.3 is 0 Å². The summed E-state index contributed by atoms with van der Waals surface area (Å²) in [5.41, 5.74) is 1.96. The molecular weight excluding hydrogens is 244 g/mol. The summed E-state index contributed by atoms with van der Waals surface area (Å²) in [5.74, 6) is 0. The molecule has 0 N–H and O–H groups in total. The second-order valence-corrected chi connectivity index (χ2v) is 4.19. The van der Waals surface area contributed by atoms with Crippen molar-refractivity contribution < 1.29 is 9.66 Å². The van der Waals surface area contributed by atoms with Crippen LogP contribution in [0, 0.1) is 10.1 Å². The first kappa shape index (κ1) is 13.3. The molecule has 1 heterocycles. The number of nitro groups is 1. The Morgan fingerprint density at radius 2 is 2.26 bits per heavy atom. The van der Waals surface area contributed by atoms with Gasteiger partial charge in [0.1, 0.15) is 0 Å². The predicted molar refractivity (Wildman–Crippen MR) is 75.2 cm³/mol. The number of methoxy groups -OCH3 is 1. The van der Waals surface area contributed by atoms with Gasteiger partial charge in [-0.1, -0.05) is 12.2 Å². The van der Waals surface area contributed by atoms with E-state index in [-0.39, 0.29) is 10.6 Å². The van der Waals surface area contributed by atoms with Crippen LogP contribution in [0.1, 0.15) is 12.5 Å². The summed E-state index contributed by atoms with van der Waals surface area (Å²) in [6.45, 7) is 3.35. The van der Waals surface area contributed by atoms with Crippen LogP contribution in [0.25, 0.3) is 17.0 Å². The number of aryl methyl sites for hydroxylation is 1. The van der Waals surface area contributed by atoms with Gasteiger partial charge in [-0.05, 0) is 13.0 Å². The molecule has 2 aromatic rings. The number of nitro benzene ring substituents is 1. The van der Waals surface area contributed by atoms with Crippen molar-refractivity contribution in [2.45, 2.75) is 13.5 Å². The normalized spacial score (nSPS) is 11.5. The van der Waals surface area contributed by atoms with E-state index in [2.05, 4.69) is 4.57 Å². The maximum atomic E-state index is 11.0. The van der Waals surface area contributed by atoms with Crippen molar-refractivity contribution in [3.63, 3.8) is 0 Å². The number of hydrogen-bond acceptors (Lipinski definition) is 3. The molecule has 5 heteroatoms. The van der Waals surface area contributed by atoms with Crippen LogP contribution in [0.3, 0.4) is 0 Å². The van der Waals surface area contributed by atoms with Gasteiger partial charge < -0.3 is 9.30 Å². The molecule has 1 aromatic heterocycles. The van der Waals surface area contributed by atoms with Gasteiger partial charge in [-0.2, -0.15) is 0 Å². The highest BCUT2D eigenvalue weighted by atomic mass is 16.6. The molecule has 0 saturated carbocycles. The minimum absolute atomic E-state index is 0.110. The molecule has 0 bridgehead atoms. The Morgan fingerprint density at radius 3 is 2.89 bits per heavy atom. The van der Waals surface area contributed by atoms with E-state index in [1.807, 2.05) is 31.3 Å². The van der Waals surface area contributed by atoms with Crippen molar-refractivity contribution in [2.24, 2.45) is 0 Å². The van der Waals surface area contributed by atoms with E-state index in [1.165, 1.54) is 0 Å². The molecule has 0 fully saturated rings. The van der Waals surface area contributed by atoms with Gasteiger partial charge in [0.15, 0.2) is 0 Å². The largest absolute Gasteiger partial charge is 0.381 e. The summed E-state index contributed by atoms with van der Waals surface area (Å²) in [4.78, 5) is 10.6. The summed E-state index contributed by atoms with van der Waals surface area (Å²) >= 11 is 0. The zero-order chi connectivity index (χ0) is 13.8. The SMILES string of the molecule is CCn1ccc2cc([N+](=O)[O-])cc(C=CCOC)c21. The van der Waals surface area contributed by atoms with Crippen LogP contribution in [0.15, 0.2) is 30.5 Å². The van der Waals surface area contributed by atoms with E-state index in [9.17, 15) is 10.1 Å². The summed E-state index contributed by atoms with van der Waals surface area (Å²) in [7, 11) is 1.61. The minimum Gasteiger partial charge on any atom is -0.381 e. The number of fused-ring (bicyclic) bond motifs is 1. The monoisotopic (exact) mass is 260 g/mol. The molecule has 5 nitrogen and oxygen atoms in total. The third-order valence-corrected chi connectivity index (χ3v) is 2.99. The van der Waals surface area contributed by atoms with Crippen LogP contribution in [0.4, 0.5) is 5.69 Å². The van der Waals surface area contributed by atoms with Crippen molar-refractivity contribution >= 4 is 22.7 Å². The standard InChI is InChI=1S/C14H16N2O3/c1-3-15-7-6-12-10-13(16(17)18)9-11(14(12)15)5-4-8-19-2/h4-7,9-10H,3,8H2,1-2H3. The van der Waals surface area contributed by atoms with E-state index < -0.39 is 0 Å². The number of aromatic nitrogens is 1. The van der Waals surface area contributed by atoms with Gasteiger partial charge in [0.2, 0.25) is 0 Å². The average molecular weight is 260 g/mol. The van der Waals surface area contributed by atoms with Gasteiger partial charge in [0.25, 0.3) is 5.69 Å². The van der Waals surface area contributed by atoms with Crippen LogP contribution in [-0.4, -0.2) is 23.2 Å². The van der Waals surface area contributed by atoms with Gasteiger partial charge in [0, 0.05) is 42.9 Å². The first-order valence-electron chi connectivity index (χ1n) is 6.10. The molecule has 1 aromatic carbocycles. The molecule has 0 amide bonds. The Hall–Kier alpha value is -2.14. The number of non-ortho nitro benzene ring substituents is 1. The molecule has 0 radical (unpaired) electrons. The quantitative estimate of drug-likeness (QED) is 0.612. The second kappa shape index (κ2) is 5.67. The Labute approximate surface area is 111 Å². The van der Waals surface area contributed by atoms with Gasteiger partial charge in [-0.15, -0.1) is 0 Å². The molecule has 0 unspecified atom stereocenters. The van der Waals surface area contributed by atoms with Crippen LogP contribution in [0.2, 0.25) is 0 Å². The summed E-state index contributed by atoms with van der Waals surface area (Å²) in [6.07, 6.45) is 5.67. The second-order valence-electron chi connectivity index (χ2n) is 4.19. The molecule has 0 atom stereocenters. The maximum absolute atomic E-state index is 11.0. The highest BCUT2D eigenvalue weighted by Crippen LogP contribution is 2.27. The first-order chi connectivity index (χ1) is 9.17. The van der Waals surface area contributed by atoms with Crippen molar-refractivity contribution in [1.82, 2.24) is 4.57 Å². The fourth-order valence-electron chi connectivity index (χ4n) is 2.13. The van der Waals surface area contributed by atoms with Crippen LogP contribution < -0.4 is 0 Å². The lowest BCUT2D eigenvalue weighted by molar-refractivity contribution is -0.384. The topological polar surface area (TPSA) is 57.3 Å². The van der Waals surface area contributed by atoms with Gasteiger partial charge in [-0.25, -0.2) is 0 Å². The highest BCUT2D eigenvalue weighted by molar-refractivity contribution is 5.90. The molecule has 0 aliphatic rings. The Morgan fingerprint density at radius 1 is 1.47 bits per heavy atom. The molecule has 0 aliphatic heterocycles. The fraction of sp³-hybridized carbons (Fsp3) is 0.286. The van der Waals surface area contributed by atoms with E-state index in [0.29, 0.717) is 6.61 Å². The lowest BCUT2D eigenvalue weighted by Crippen LogP contribution is -1.95. The van der Waals surface area contributed by atoms with E-state index >= 15 is 0 Å². The van der Waals surface area contributed by atoms with Gasteiger partial charge in [0.05, 0.1) is 17.0 Å². The number of benzene rings is 1. The predicted octanol–water partition coefficient (Wildman–Crippen LogP) is 3.23. The average Bonchev–Trinajstić information content (AvgIpc) is 2.81. The third-order valence-electron chi connectivity index (χ3n) is 2.99. The van der Waals surface area contributed by atoms with Crippen LogP contribution in [0.5, 0.6) is 0 Å². The lowest BCUT2D eigenvalue weighted by atomic mass is 10.1. The van der Waals surface area contributed by atoms with Crippen molar-refractivity contribution in [3.8, 4) is 0 Å². The van der Waals surface area contributed by atoms with Crippen LogP contribution >= 0.6 is 0 Å². The third kappa shape index (κ3) is 2.66. The molecule has 100 valence electrons. The van der Waals surface area contributed by atoms with Crippen molar-refractivity contribution in [2.75, 3.05) is 13.7 Å². The van der Waals surface area contributed by atoms with Crippen molar-refractivity contribution in [1.29, 1.82) is 0 Å². The fourth-order valence-corrected chi connectivity index (χ4v) is 2.13. The molecule has 0 spiro atoms. The number of nitrogens with zero attached hydrogens (tertiary/aromatic N) is 2. The summed E-state index contributed by atoms with van der Waals surface area (Å²) in [6, 6.07) is 5.11. The maximum Gasteiger partial charge on any atom is 0.270 e. The zero-order valence-corrected chi connectivity index (χ0v) is 11.0. The smallest absolute Gasteiger partial charge is 0.270 e. The number of hydrogen-bond donors (Lipinski definition) is 0. The summed E-state index contributed by atoms with van der Waals surface area (Å²) in [5, 5.41) is 11.8. The van der Waals surface area contributed by atoms with Crippen molar-refractivity contribution in [3.05, 3.63) is 46.1 Å². The Kier molecular flexibility index (Phi) is 3.97. The molecule has 2 rings (SSSR count). The van der Waals surface area contributed by atoms with Crippen LogP contribution in [-0.2, 0) is 11.3 Å².